The van der Waals surface area contributed by atoms with Gasteiger partial charge in [0.1, 0.15) is 5.76 Å². The van der Waals surface area contributed by atoms with Gasteiger partial charge in [0.25, 0.3) is 0 Å². The number of pyridine rings is 1. The molecule has 0 radical (unpaired) electrons. The van der Waals surface area contributed by atoms with Crippen molar-refractivity contribution in [3.63, 3.8) is 0 Å². The summed E-state index contributed by atoms with van der Waals surface area (Å²) >= 11 is 0. The highest BCUT2D eigenvalue weighted by Crippen LogP contribution is 2.17. The molecule has 96 valence electrons. The van der Waals surface area contributed by atoms with Crippen LogP contribution in [0.5, 0.6) is 0 Å². The van der Waals surface area contributed by atoms with Gasteiger partial charge in [-0.05, 0) is 29.1 Å². The van der Waals surface area contributed by atoms with Crippen molar-refractivity contribution in [1.29, 1.82) is 0 Å². The van der Waals surface area contributed by atoms with E-state index in [1.807, 2.05) is 24.5 Å². The van der Waals surface area contributed by atoms with Crippen LogP contribution in [0.3, 0.4) is 0 Å². The predicted molar refractivity (Wildman–Crippen MR) is 75.9 cm³/mol. The minimum absolute atomic E-state index is 0.863. The maximum Gasteiger partial charge on any atom is 0.105 e. The van der Waals surface area contributed by atoms with Gasteiger partial charge < -0.3 is 9.73 Å². The van der Waals surface area contributed by atoms with Crippen LogP contribution in [0.4, 0.5) is 0 Å². The van der Waals surface area contributed by atoms with Gasteiger partial charge in [-0.1, -0.05) is 18.2 Å². The number of nitrogens with one attached hydrogen (secondary N) is 1. The largest absolute Gasteiger partial charge is 0.469 e. The fourth-order valence-corrected chi connectivity index (χ4v) is 2.23. The van der Waals surface area contributed by atoms with Gasteiger partial charge in [0.2, 0.25) is 0 Å². The Morgan fingerprint density at radius 3 is 3.00 bits per heavy atom. The second kappa shape index (κ2) is 5.67. The molecule has 0 bridgehead atoms. The summed E-state index contributed by atoms with van der Waals surface area (Å²) in [5.74, 6) is 1.02. The Bertz CT molecular complexity index is 641. The SMILES string of the molecule is c1coc(CCNCc2cccc3cnccc23)c1. The predicted octanol–water partition coefficient (Wildman–Crippen LogP) is 3.16. The maximum absolute atomic E-state index is 5.31. The van der Waals surface area contributed by atoms with Gasteiger partial charge in [0, 0.05) is 37.3 Å². The Hall–Kier alpha value is -2.13. The minimum Gasteiger partial charge on any atom is -0.469 e. The van der Waals surface area contributed by atoms with Gasteiger partial charge in [-0.15, -0.1) is 0 Å². The fourth-order valence-electron chi connectivity index (χ4n) is 2.23. The molecule has 3 heteroatoms. The van der Waals surface area contributed by atoms with Crippen molar-refractivity contribution in [3.8, 4) is 0 Å². The number of hydrogen-bond donors (Lipinski definition) is 1. The quantitative estimate of drug-likeness (QED) is 0.709. The molecule has 2 heterocycles. The molecule has 3 aromatic rings. The van der Waals surface area contributed by atoms with Crippen LogP contribution in [0.2, 0.25) is 0 Å². The van der Waals surface area contributed by atoms with Crippen LogP contribution >= 0.6 is 0 Å². The number of hydrogen-bond acceptors (Lipinski definition) is 3. The zero-order valence-corrected chi connectivity index (χ0v) is 10.7. The molecule has 0 saturated carbocycles. The van der Waals surface area contributed by atoms with Crippen molar-refractivity contribution < 1.29 is 4.42 Å². The summed E-state index contributed by atoms with van der Waals surface area (Å²) in [6.07, 6.45) is 6.38. The van der Waals surface area contributed by atoms with Crippen molar-refractivity contribution in [3.05, 3.63) is 66.4 Å². The van der Waals surface area contributed by atoms with Crippen LogP contribution in [-0.4, -0.2) is 11.5 Å². The maximum atomic E-state index is 5.31. The number of benzene rings is 1. The number of fused-ring (bicyclic) bond motifs is 1. The lowest BCUT2D eigenvalue weighted by molar-refractivity contribution is 0.499. The summed E-state index contributed by atoms with van der Waals surface area (Å²) in [5, 5.41) is 5.91. The second-order valence-electron chi connectivity index (χ2n) is 4.52. The van der Waals surface area contributed by atoms with Crippen LogP contribution in [0, 0.1) is 0 Å². The van der Waals surface area contributed by atoms with Crippen LogP contribution in [0.1, 0.15) is 11.3 Å². The van der Waals surface area contributed by atoms with E-state index in [1.165, 1.54) is 16.3 Å². The molecule has 0 aliphatic heterocycles. The van der Waals surface area contributed by atoms with Crippen LogP contribution < -0.4 is 5.32 Å². The van der Waals surface area contributed by atoms with Gasteiger partial charge in [-0.3, -0.25) is 4.98 Å². The molecule has 0 amide bonds. The van der Waals surface area contributed by atoms with E-state index in [0.717, 1.165) is 25.3 Å². The molecule has 0 aliphatic carbocycles. The Balaban J connectivity index is 1.62. The van der Waals surface area contributed by atoms with Crippen molar-refractivity contribution in [1.82, 2.24) is 10.3 Å². The van der Waals surface area contributed by atoms with Gasteiger partial charge in [-0.25, -0.2) is 0 Å². The van der Waals surface area contributed by atoms with E-state index in [9.17, 15) is 0 Å². The third kappa shape index (κ3) is 2.83. The van der Waals surface area contributed by atoms with E-state index < -0.39 is 0 Å². The number of furan rings is 1. The van der Waals surface area contributed by atoms with Gasteiger partial charge in [-0.2, -0.15) is 0 Å². The molecular formula is C16H16N2O. The Kier molecular flexibility index (Phi) is 3.56. The molecule has 0 fully saturated rings. The smallest absolute Gasteiger partial charge is 0.105 e. The molecule has 3 rings (SSSR count). The number of nitrogens with zero attached hydrogens (tertiary/aromatic N) is 1. The number of rotatable bonds is 5. The van der Waals surface area contributed by atoms with Crippen LogP contribution in [0.25, 0.3) is 10.8 Å². The molecule has 0 spiro atoms. The summed E-state index contributed by atoms with van der Waals surface area (Å²) < 4.78 is 5.31. The lowest BCUT2D eigenvalue weighted by atomic mass is 10.1. The monoisotopic (exact) mass is 252 g/mol. The first-order chi connectivity index (χ1) is 9.43. The Labute approximate surface area is 112 Å². The third-order valence-electron chi connectivity index (χ3n) is 3.21. The molecule has 1 aromatic carbocycles. The highest BCUT2D eigenvalue weighted by atomic mass is 16.3. The highest BCUT2D eigenvalue weighted by Gasteiger charge is 2.00. The van der Waals surface area contributed by atoms with Crippen LogP contribution in [0.15, 0.2) is 59.5 Å². The van der Waals surface area contributed by atoms with Crippen molar-refractivity contribution in [2.75, 3.05) is 6.54 Å². The molecule has 3 nitrogen and oxygen atoms in total. The van der Waals surface area contributed by atoms with Crippen molar-refractivity contribution in [2.45, 2.75) is 13.0 Å². The van der Waals surface area contributed by atoms with Gasteiger partial charge in [0.05, 0.1) is 6.26 Å². The topological polar surface area (TPSA) is 38.1 Å². The van der Waals surface area contributed by atoms with Crippen molar-refractivity contribution >= 4 is 10.8 Å². The van der Waals surface area contributed by atoms with Crippen LogP contribution in [-0.2, 0) is 13.0 Å². The molecule has 0 aliphatic rings. The summed E-state index contributed by atoms with van der Waals surface area (Å²) in [4.78, 5) is 4.15. The Morgan fingerprint density at radius 1 is 1.11 bits per heavy atom. The normalized spacial score (nSPS) is 10.9. The average molecular weight is 252 g/mol. The number of aromatic nitrogens is 1. The van der Waals surface area contributed by atoms with E-state index in [-0.39, 0.29) is 0 Å². The summed E-state index contributed by atoms with van der Waals surface area (Å²) in [7, 11) is 0. The molecule has 19 heavy (non-hydrogen) atoms. The summed E-state index contributed by atoms with van der Waals surface area (Å²) in [6.45, 7) is 1.77. The fraction of sp³-hybridized carbons (Fsp3) is 0.188. The van der Waals surface area contributed by atoms with E-state index in [1.54, 1.807) is 6.26 Å². The molecule has 0 atom stereocenters. The average Bonchev–Trinajstić information content (AvgIpc) is 2.97. The van der Waals surface area contributed by atoms with Gasteiger partial charge in [0.15, 0.2) is 0 Å². The van der Waals surface area contributed by atoms with E-state index in [4.69, 9.17) is 4.42 Å². The Morgan fingerprint density at radius 2 is 2.11 bits per heavy atom. The zero-order valence-electron chi connectivity index (χ0n) is 10.7. The van der Waals surface area contributed by atoms with Crippen molar-refractivity contribution in [2.24, 2.45) is 0 Å². The molecule has 0 saturated heterocycles. The standard InChI is InChI=1S/C16H16N2O/c1-3-13(16-7-9-18-12-14(16)4-1)11-17-8-6-15-5-2-10-19-15/h1-5,7,9-10,12,17H,6,8,11H2. The highest BCUT2D eigenvalue weighted by molar-refractivity contribution is 5.84. The summed E-state index contributed by atoms with van der Waals surface area (Å²) in [5.41, 5.74) is 1.30. The van der Waals surface area contributed by atoms with Gasteiger partial charge >= 0.3 is 0 Å². The second-order valence-corrected chi connectivity index (χ2v) is 4.52. The molecule has 0 unspecified atom stereocenters. The van der Waals surface area contributed by atoms with E-state index in [0.29, 0.717) is 0 Å². The zero-order chi connectivity index (χ0) is 12.9. The third-order valence-corrected chi connectivity index (χ3v) is 3.21. The molecular weight excluding hydrogens is 236 g/mol. The first kappa shape index (κ1) is 11.9. The lowest BCUT2D eigenvalue weighted by Crippen LogP contribution is -2.16. The van der Waals surface area contributed by atoms with E-state index in [2.05, 4.69) is 34.6 Å². The molecule has 2 aromatic heterocycles. The summed E-state index contributed by atoms with van der Waals surface area (Å²) in [6, 6.07) is 12.3. The first-order valence-electron chi connectivity index (χ1n) is 6.48. The minimum atomic E-state index is 0.863. The first-order valence-corrected chi connectivity index (χ1v) is 6.48. The molecule has 1 N–H and O–H groups in total. The van der Waals surface area contributed by atoms with E-state index >= 15 is 0 Å². The lowest BCUT2D eigenvalue weighted by Gasteiger charge is -2.07.